The standard InChI is InChI=1S/C33H25FN2O6S/c1-40-23-10-6-9-21(15-23)30(37)28-29(20-11-14-25(26(16-20)41-2)42-18-19-7-4-3-5-8-19)36(32(39)31(28)38)33-35-24-13-12-22(34)17-27(24)43-33/h3-17,29,37H,18H2,1-2H3. The summed E-state index contributed by atoms with van der Waals surface area (Å²) >= 11 is 1.07. The number of aliphatic hydroxyl groups excluding tert-OH is 1. The smallest absolute Gasteiger partial charge is 0.301 e. The fourth-order valence-corrected chi connectivity index (χ4v) is 5.99. The van der Waals surface area contributed by atoms with Crippen LogP contribution in [-0.4, -0.2) is 36.0 Å². The molecule has 1 N–H and O–H groups in total. The first-order valence-corrected chi connectivity index (χ1v) is 14.1. The Bertz CT molecular complexity index is 1890. The summed E-state index contributed by atoms with van der Waals surface area (Å²) in [6.45, 7) is 0.299. The van der Waals surface area contributed by atoms with Gasteiger partial charge in [0.1, 0.15) is 23.9 Å². The molecule has 43 heavy (non-hydrogen) atoms. The van der Waals surface area contributed by atoms with E-state index in [1.165, 1.54) is 37.3 Å². The highest BCUT2D eigenvalue weighted by Gasteiger charge is 2.48. The molecule has 1 aliphatic heterocycles. The predicted molar refractivity (Wildman–Crippen MR) is 161 cm³/mol. The van der Waals surface area contributed by atoms with Crippen molar-refractivity contribution in [3.05, 3.63) is 119 Å². The average Bonchev–Trinajstić information content (AvgIpc) is 3.57. The Labute approximate surface area is 250 Å². The number of carbonyl (C=O) groups excluding carboxylic acids is 2. The highest BCUT2D eigenvalue weighted by molar-refractivity contribution is 7.22. The Morgan fingerprint density at radius 1 is 0.930 bits per heavy atom. The van der Waals surface area contributed by atoms with E-state index in [0.29, 0.717) is 45.2 Å². The molecule has 2 heterocycles. The lowest BCUT2D eigenvalue weighted by molar-refractivity contribution is -0.132. The molecule has 8 nitrogen and oxygen atoms in total. The molecule has 0 spiro atoms. The summed E-state index contributed by atoms with van der Waals surface area (Å²) in [5, 5.41) is 11.7. The lowest BCUT2D eigenvalue weighted by Gasteiger charge is -2.24. The maximum atomic E-state index is 14.0. The summed E-state index contributed by atoms with van der Waals surface area (Å²) in [6, 6.07) is 24.3. The van der Waals surface area contributed by atoms with E-state index in [4.69, 9.17) is 14.2 Å². The maximum absolute atomic E-state index is 14.0. The number of thiazole rings is 1. The summed E-state index contributed by atoms with van der Waals surface area (Å²) in [4.78, 5) is 33.0. The third-order valence-electron chi connectivity index (χ3n) is 7.07. The molecule has 1 amide bonds. The van der Waals surface area contributed by atoms with Gasteiger partial charge in [-0.15, -0.1) is 0 Å². The number of aliphatic hydroxyl groups is 1. The third kappa shape index (κ3) is 5.28. The molecular formula is C33H25FN2O6S. The van der Waals surface area contributed by atoms with Gasteiger partial charge in [0.15, 0.2) is 16.6 Å². The van der Waals surface area contributed by atoms with Crippen LogP contribution in [0.15, 0.2) is 96.6 Å². The number of fused-ring (bicyclic) bond motifs is 1. The van der Waals surface area contributed by atoms with E-state index in [0.717, 1.165) is 16.9 Å². The van der Waals surface area contributed by atoms with Crippen LogP contribution in [0, 0.1) is 5.82 Å². The minimum Gasteiger partial charge on any atom is -0.507 e. The van der Waals surface area contributed by atoms with E-state index in [1.807, 2.05) is 30.3 Å². The second kappa shape index (κ2) is 11.6. The third-order valence-corrected chi connectivity index (χ3v) is 8.09. The van der Waals surface area contributed by atoms with Crippen LogP contribution in [0.4, 0.5) is 9.52 Å². The fourth-order valence-electron chi connectivity index (χ4n) is 4.97. The maximum Gasteiger partial charge on any atom is 0.301 e. The van der Waals surface area contributed by atoms with E-state index in [1.54, 1.807) is 42.5 Å². The molecule has 5 aromatic rings. The van der Waals surface area contributed by atoms with Gasteiger partial charge in [-0.2, -0.15) is 0 Å². The number of Topliss-reactive ketones (excluding diaryl/α,β-unsaturated/α-hetero) is 1. The molecule has 1 aromatic heterocycles. The van der Waals surface area contributed by atoms with Crippen molar-refractivity contribution < 1.29 is 33.3 Å². The lowest BCUT2D eigenvalue weighted by atomic mass is 9.95. The topological polar surface area (TPSA) is 98.2 Å². The summed E-state index contributed by atoms with van der Waals surface area (Å²) < 4.78 is 31.4. The molecule has 1 aliphatic rings. The van der Waals surface area contributed by atoms with Gasteiger partial charge in [0.05, 0.1) is 36.1 Å². The van der Waals surface area contributed by atoms with Crippen LogP contribution in [0.25, 0.3) is 16.0 Å². The average molecular weight is 597 g/mol. The number of benzene rings is 4. The number of aromatic nitrogens is 1. The summed E-state index contributed by atoms with van der Waals surface area (Å²) in [5.74, 6) is -1.31. The van der Waals surface area contributed by atoms with Gasteiger partial charge < -0.3 is 19.3 Å². The van der Waals surface area contributed by atoms with Crippen molar-refractivity contribution in [1.29, 1.82) is 0 Å². The predicted octanol–water partition coefficient (Wildman–Crippen LogP) is 6.66. The minimum atomic E-state index is -1.08. The Morgan fingerprint density at radius 3 is 2.51 bits per heavy atom. The van der Waals surface area contributed by atoms with Crippen LogP contribution < -0.4 is 19.1 Å². The van der Waals surface area contributed by atoms with Crippen molar-refractivity contribution >= 4 is 44.1 Å². The van der Waals surface area contributed by atoms with Gasteiger partial charge in [0.2, 0.25) is 0 Å². The van der Waals surface area contributed by atoms with Crippen LogP contribution in [0.1, 0.15) is 22.7 Å². The molecular weight excluding hydrogens is 571 g/mol. The van der Waals surface area contributed by atoms with Crippen molar-refractivity contribution in [2.75, 3.05) is 19.1 Å². The second-order valence-electron chi connectivity index (χ2n) is 9.69. The van der Waals surface area contributed by atoms with Crippen molar-refractivity contribution in [1.82, 2.24) is 4.98 Å². The van der Waals surface area contributed by atoms with E-state index < -0.39 is 23.5 Å². The quantitative estimate of drug-likeness (QED) is 0.122. The normalized spacial score (nSPS) is 16.1. The Balaban J connectivity index is 1.48. The Morgan fingerprint density at radius 2 is 1.74 bits per heavy atom. The van der Waals surface area contributed by atoms with Gasteiger partial charge in [-0.1, -0.05) is 59.9 Å². The summed E-state index contributed by atoms with van der Waals surface area (Å²) in [5.41, 5.74) is 2.06. The van der Waals surface area contributed by atoms with Crippen LogP contribution in [-0.2, 0) is 16.2 Å². The van der Waals surface area contributed by atoms with Crippen LogP contribution in [0.5, 0.6) is 17.2 Å². The first kappa shape index (κ1) is 27.9. The van der Waals surface area contributed by atoms with Crippen LogP contribution >= 0.6 is 11.3 Å². The number of ether oxygens (including phenoxy) is 3. The SMILES string of the molecule is COc1cccc(C(O)=C2C(=O)C(=O)N(c3nc4ccc(F)cc4s3)C2c2ccc(OCc3ccccc3)c(OC)c2)c1. The molecule has 4 aromatic carbocycles. The van der Waals surface area contributed by atoms with Gasteiger partial charge in [0, 0.05) is 5.56 Å². The zero-order chi connectivity index (χ0) is 30.1. The zero-order valence-corrected chi connectivity index (χ0v) is 23.9. The van der Waals surface area contributed by atoms with Crippen LogP contribution in [0.2, 0.25) is 0 Å². The fraction of sp³-hybridized carbons (Fsp3) is 0.121. The monoisotopic (exact) mass is 596 g/mol. The number of hydrogen-bond acceptors (Lipinski definition) is 8. The number of ketones is 1. The van der Waals surface area contributed by atoms with Gasteiger partial charge in [-0.05, 0) is 53.6 Å². The second-order valence-corrected chi connectivity index (χ2v) is 10.7. The van der Waals surface area contributed by atoms with Gasteiger partial charge in [-0.25, -0.2) is 9.37 Å². The molecule has 1 unspecified atom stereocenters. The highest BCUT2D eigenvalue weighted by atomic mass is 32.1. The van der Waals surface area contributed by atoms with Gasteiger partial charge >= 0.3 is 5.91 Å². The number of amides is 1. The van der Waals surface area contributed by atoms with Crippen molar-refractivity contribution in [2.45, 2.75) is 12.6 Å². The number of methoxy groups -OCH3 is 2. The molecule has 0 saturated carbocycles. The molecule has 1 fully saturated rings. The van der Waals surface area contributed by atoms with E-state index >= 15 is 0 Å². The van der Waals surface area contributed by atoms with Crippen molar-refractivity contribution in [3.63, 3.8) is 0 Å². The number of halogens is 1. The van der Waals surface area contributed by atoms with Crippen molar-refractivity contribution in [2.24, 2.45) is 0 Å². The molecule has 10 heteroatoms. The molecule has 0 aliphatic carbocycles. The van der Waals surface area contributed by atoms with Gasteiger partial charge in [-0.3, -0.25) is 14.5 Å². The lowest BCUT2D eigenvalue weighted by Crippen LogP contribution is -2.29. The molecule has 1 atom stereocenters. The first-order valence-electron chi connectivity index (χ1n) is 13.2. The van der Waals surface area contributed by atoms with Gasteiger partial charge in [0.25, 0.3) is 5.78 Å². The molecule has 0 bridgehead atoms. The van der Waals surface area contributed by atoms with E-state index in [2.05, 4.69) is 4.98 Å². The number of nitrogens with zero attached hydrogens (tertiary/aromatic N) is 2. The molecule has 0 radical (unpaired) electrons. The summed E-state index contributed by atoms with van der Waals surface area (Å²) in [7, 11) is 2.98. The Hall–Kier alpha value is -5.22. The van der Waals surface area contributed by atoms with E-state index in [-0.39, 0.29) is 16.5 Å². The number of anilines is 1. The van der Waals surface area contributed by atoms with Crippen molar-refractivity contribution in [3.8, 4) is 17.2 Å². The molecule has 216 valence electrons. The van der Waals surface area contributed by atoms with Crippen LogP contribution in [0.3, 0.4) is 0 Å². The number of rotatable bonds is 8. The zero-order valence-electron chi connectivity index (χ0n) is 23.1. The molecule has 6 rings (SSSR count). The minimum absolute atomic E-state index is 0.135. The largest absolute Gasteiger partial charge is 0.507 e. The highest BCUT2D eigenvalue weighted by Crippen LogP contribution is 2.46. The number of carbonyl (C=O) groups is 2. The molecule has 1 saturated heterocycles. The number of hydrogen-bond donors (Lipinski definition) is 1. The first-order chi connectivity index (χ1) is 20.9. The van der Waals surface area contributed by atoms with E-state index in [9.17, 15) is 19.1 Å². The summed E-state index contributed by atoms with van der Waals surface area (Å²) in [6.07, 6.45) is 0. The Kier molecular flexibility index (Phi) is 7.52.